The number of para-hydroxylation sites is 1. The second kappa shape index (κ2) is 8.45. The zero-order chi connectivity index (χ0) is 18.4. The number of thiazole rings is 1. The molecule has 0 aliphatic heterocycles. The molecule has 0 aliphatic carbocycles. The number of esters is 1. The van der Waals surface area contributed by atoms with Gasteiger partial charge in [-0.25, -0.2) is 9.79 Å². The monoisotopic (exact) mass is 364 g/mol. The van der Waals surface area contributed by atoms with E-state index in [1.54, 1.807) is 13.0 Å². The Morgan fingerprint density at radius 3 is 2.65 bits per heavy atom. The van der Waals surface area contributed by atoms with Gasteiger partial charge in [-0.15, -0.1) is 17.9 Å². The minimum Gasteiger partial charge on any atom is -0.462 e. The molecular formula is C21H20N2O2S. The van der Waals surface area contributed by atoms with Gasteiger partial charge in [-0.05, 0) is 24.6 Å². The summed E-state index contributed by atoms with van der Waals surface area (Å²) in [4.78, 5) is 17.7. The van der Waals surface area contributed by atoms with Crippen LogP contribution in [0.2, 0.25) is 0 Å². The van der Waals surface area contributed by atoms with Crippen molar-refractivity contribution in [2.75, 3.05) is 6.61 Å². The molecule has 0 saturated carbocycles. The lowest BCUT2D eigenvalue weighted by atomic mass is 10.2. The Morgan fingerprint density at radius 2 is 1.92 bits per heavy atom. The van der Waals surface area contributed by atoms with Crippen LogP contribution in [0.25, 0.3) is 11.3 Å². The van der Waals surface area contributed by atoms with Crippen molar-refractivity contribution in [3.05, 3.63) is 83.0 Å². The van der Waals surface area contributed by atoms with E-state index in [2.05, 4.69) is 28.7 Å². The molecule has 0 N–H and O–H groups in total. The molecule has 3 rings (SSSR count). The Morgan fingerprint density at radius 1 is 1.19 bits per heavy atom. The molecule has 0 saturated heterocycles. The highest BCUT2D eigenvalue weighted by molar-refractivity contribution is 7.07. The van der Waals surface area contributed by atoms with E-state index in [1.807, 2.05) is 42.5 Å². The van der Waals surface area contributed by atoms with Gasteiger partial charge in [-0.3, -0.25) is 0 Å². The molecule has 0 radical (unpaired) electrons. The number of hydrogen-bond donors (Lipinski definition) is 0. The summed E-state index contributed by atoms with van der Waals surface area (Å²) in [6.07, 6.45) is 1.84. The lowest BCUT2D eigenvalue weighted by Crippen LogP contribution is -2.15. The van der Waals surface area contributed by atoms with Crippen LogP contribution < -0.4 is 4.80 Å². The topological polar surface area (TPSA) is 43.6 Å². The summed E-state index contributed by atoms with van der Waals surface area (Å²) in [5.41, 5.74) is 3.26. The highest BCUT2D eigenvalue weighted by Crippen LogP contribution is 2.22. The Kier molecular flexibility index (Phi) is 5.81. The smallest absolute Gasteiger partial charge is 0.340 e. The molecule has 0 unspecified atom stereocenters. The Hall–Kier alpha value is -2.92. The van der Waals surface area contributed by atoms with Gasteiger partial charge in [0, 0.05) is 11.9 Å². The molecule has 1 aromatic heterocycles. The average Bonchev–Trinajstić information content (AvgIpc) is 3.06. The van der Waals surface area contributed by atoms with E-state index < -0.39 is 0 Å². The fraction of sp³-hybridized carbons (Fsp3) is 0.143. The third kappa shape index (κ3) is 3.83. The number of ether oxygens (including phenoxy) is 1. The largest absolute Gasteiger partial charge is 0.462 e. The number of rotatable bonds is 6. The second-order valence-corrected chi connectivity index (χ2v) is 6.35. The van der Waals surface area contributed by atoms with Crippen LogP contribution in [0.4, 0.5) is 5.69 Å². The Bertz CT molecular complexity index is 971. The van der Waals surface area contributed by atoms with Crippen LogP contribution in [0.5, 0.6) is 0 Å². The van der Waals surface area contributed by atoms with E-state index in [1.165, 1.54) is 11.3 Å². The number of carbonyl (C=O) groups excluding carboxylic acids is 1. The molecule has 132 valence electrons. The first-order valence-corrected chi connectivity index (χ1v) is 9.28. The minimum absolute atomic E-state index is 0.334. The third-order valence-corrected chi connectivity index (χ3v) is 4.66. The van der Waals surface area contributed by atoms with Gasteiger partial charge in [-0.1, -0.05) is 48.5 Å². The summed E-state index contributed by atoms with van der Waals surface area (Å²) < 4.78 is 7.23. The first-order chi connectivity index (χ1) is 12.7. The highest BCUT2D eigenvalue weighted by atomic mass is 32.1. The summed E-state index contributed by atoms with van der Waals surface area (Å²) in [6, 6.07) is 17.4. The van der Waals surface area contributed by atoms with Crippen molar-refractivity contribution in [3.63, 3.8) is 0 Å². The number of carbonyl (C=O) groups is 1. The molecule has 0 atom stereocenters. The third-order valence-electron chi connectivity index (χ3n) is 3.79. The van der Waals surface area contributed by atoms with Crippen molar-refractivity contribution >= 4 is 23.0 Å². The molecule has 3 aromatic rings. The van der Waals surface area contributed by atoms with Crippen LogP contribution in [0, 0.1) is 0 Å². The maximum absolute atomic E-state index is 12.2. The predicted molar refractivity (Wildman–Crippen MR) is 106 cm³/mol. The Labute approximate surface area is 156 Å². The summed E-state index contributed by atoms with van der Waals surface area (Å²) in [7, 11) is 0. The molecule has 26 heavy (non-hydrogen) atoms. The Balaban J connectivity index is 2.12. The number of hydrogen-bond acceptors (Lipinski definition) is 4. The van der Waals surface area contributed by atoms with E-state index in [9.17, 15) is 4.79 Å². The van der Waals surface area contributed by atoms with Gasteiger partial charge < -0.3 is 9.30 Å². The lowest BCUT2D eigenvalue weighted by Gasteiger charge is -2.07. The van der Waals surface area contributed by atoms with E-state index in [-0.39, 0.29) is 5.97 Å². The van der Waals surface area contributed by atoms with Crippen molar-refractivity contribution in [1.82, 2.24) is 4.57 Å². The number of aromatic nitrogens is 1. The molecule has 0 spiro atoms. The SMILES string of the molecule is C=CCn1c(-c2ccccc2)csc1=Nc1ccccc1C(=O)OCC. The summed E-state index contributed by atoms with van der Waals surface area (Å²) in [5.74, 6) is -0.359. The van der Waals surface area contributed by atoms with Gasteiger partial charge in [0.1, 0.15) is 0 Å². The van der Waals surface area contributed by atoms with E-state index in [4.69, 9.17) is 9.73 Å². The second-order valence-electron chi connectivity index (χ2n) is 5.52. The van der Waals surface area contributed by atoms with Crippen molar-refractivity contribution in [2.24, 2.45) is 4.99 Å². The van der Waals surface area contributed by atoms with E-state index >= 15 is 0 Å². The van der Waals surface area contributed by atoms with Crippen LogP contribution in [0.15, 0.2) is 77.6 Å². The standard InChI is InChI=1S/C21H20N2O2S/c1-3-14-23-19(16-10-6-5-7-11-16)15-26-21(23)22-18-13-9-8-12-17(18)20(24)25-4-2/h3,5-13,15H,1,4,14H2,2H3. The van der Waals surface area contributed by atoms with Gasteiger partial charge >= 0.3 is 5.97 Å². The van der Waals surface area contributed by atoms with E-state index in [0.717, 1.165) is 16.1 Å². The molecule has 0 aliphatic rings. The van der Waals surface area contributed by atoms with Crippen LogP contribution in [0.1, 0.15) is 17.3 Å². The molecule has 2 aromatic carbocycles. The number of allylic oxidation sites excluding steroid dienone is 1. The molecule has 5 heteroatoms. The first-order valence-electron chi connectivity index (χ1n) is 8.40. The summed E-state index contributed by atoms with van der Waals surface area (Å²) in [5, 5.41) is 2.07. The van der Waals surface area contributed by atoms with Crippen molar-refractivity contribution in [2.45, 2.75) is 13.5 Å². The maximum Gasteiger partial charge on any atom is 0.340 e. The van der Waals surface area contributed by atoms with Crippen LogP contribution in [-0.2, 0) is 11.3 Å². The molecule has 0 amide bonds. The molecule has 4 nitrogen and oxygen atoms in total. The minimum atomic E-state index is -0.359. The van der Waals surface area contributed by atoms with Crippen molar-refractivity contribution in [1.29, 1.82) is 0 Å². The van der Waals surface area contributed by atoms with Crippen LogP contribution in [0.3, 0.4) is 0 Å². The van der Waals surface area contributed by atoms with Gasteiger partial charge in [-0.2, -0.15) is 0 Å². The van der Waals surface area contributed by atoms with Crippen molar-refractivity contribution < 1.29 is 9.53 Å². The normalized spacial score (nSPS) is 11.3. The maximum atomic E-state index is 12.2. The van der Waals surface area contributed by atoms with Gasteiger partial charge in [0.2, 0.25) is 0 Å². The molecule has 1 heterocycles. The summed E-state index contributed by atoms with van der Waals surface area (Å²) >= 11 is 1.54. The zero-order valence-electron chi connectivity index (χ0n) is 14.6. The quantitative estimate of drug-likeness (QED) is 0.465. The number of benzene rings is 2. The highest BCUT2D eigenvalue weighted by Gasteiger charge is 2.12. The predicted octanol–water partition coefficient (Wildman–Crippen LogP) is 4.81. The molecule has 0 fully saturated rings. The lowest BCUT2D eigenvalue weighted by molar-refractivity contribution is 0.0527. The van der Waals surface area contributed by atoms with Crippen LogP contribution >= 0.6 is 11.3 Å². The average molecular weight is 364 g/mol. The van der Waals surface area contributed by atoms with E-state index in [0.29, 0.717) is 24.4 Å². The van der Waals surface area contributed by atoms with Crippen molar-refractivity contribution in [3.8, 4) is 11.3 Å². The van der Waals surface area contributed by atoms with Gasteiger partial charge in [0.15, 0.2) is 4.80 Å². The molecular weight excluding hydrogens is 344 g/mol. The van der Waals surface area contributed by atoms with Crippen LogP contribution in [-0.4, -0.2) is 17.1 Å². The zero-order valence-corrected chi connectivity index (χ0v) is 15.4. The summed E-state index contributed by atoms with van der Waals surface area (Å²) in [6.45, 7) is 6.62. The first kappa shape index (κ1) is 17.9. The number of nitrogens with zero attached hydrogens (tertiary/aromatic N) is 2. The van der Waals surface area contributed by atoms with Gasteiger partial charge in [0.05, 0.1) is 23.6 Å². The molecule has 0 bridgehead atoms. The fourth-order valence-corrected chi connectivity index (χ4v) is 3.55. The van der Waals surface area contributed by atoms with Gasteiger partial charge in [0.25, 0.3) is 0 Å². The fourth-order valence-electron chi connectivity index (χ4n) is 2.62.